The van der Waals surface area contributed by atoms with Gasteiger partial charge in [-0.3, -0.25) is 25.3 Å². The summed E-state index contributed by atoms with van der Waals surface area (Å²) in [5, 5.41) is 0. The third-order valence-electron chi connectivity index (χ3n) is 1.93. The molecule has 0 atom stereocenters. The fourth-order valence-electron chi connectivity index (χ4n) is 1.17. The van der Waals surface area contributed by atoms with Gasteiger partial charge in [-0.2, -0.15) is 0 Å². The van der Waals surface area contributed by atoms with Crippen molar-refractivity contribution in [1.82, 2.24) is 15.8 Å². The Bertz CT molecular complexity index is 231. The molecule has 0 radical (unpaired) electrons. The summed E-state index contributed by atoms with van der Waals surface area (Å²) >= 11 is 5.24. The lowest BCUT2D eigenvalue weighted by Crippen LogP contribution is -2.48. The highest BCUT2D eigenvalue weighted by molar-refractivity contribution is 6.27. The van der Waals surface area contributed by atoms with Gasteiger partial charge in [0.2, 0.25) is 0 Å². The van der Waals surface area contributed by atoms with E-state index in [9.17, 15) is 9.59 Å². The number of carbonyl (C=O) groups excluding carboxylic acids is 2. The summed E-state index contributed by atoms with van der Waals surface area (Å²) < 4.78 is 5.14. The summed E-state index contributed by atoms with van der Waals surface area (Å²) in [7, 11) is 0. The van der Waals surface area contributed by atoms with Crippen molar-refractivity contribution in [3.8, 4) is 0 Å². The van der Waals surface area contributed by atoms with Gasteiger partial charge in [0.15, 0.2) is 0 Å². The number of alkyl halides is 1. The highest BCUT2D eigenvalue weighted by atomic mass is 35.5. The Kier molecular flexibility index (Phi) is 5.38. The topological polar surface area (TPSA) is 70.7 Å². The van der Waals surface area contributed by atoms with Gasteiger partial charge in [-0.25, -0.2) is 0 Å². The Morgan fingerprint density at radius 2 is 1.80 bits per heavy atom. The quantitative estimate of drug-likeness (QED) is 0.472. The normalized spacial score (nSPS) is 17.1. The van der Waals surface area contributed by atoms with Crippen LogP contribution in [-0.4, -0.2) is 55.4 Å². The summed E-state index contributed by atoms with van der Waals surface area (Å²) in [5.41, 5.74) is 4.47. The minimum atomic E-state index is -0.424. The number of rotatable bonds is 3. The number of hydrogen-bond acceptors (Lipinski definition) is 4. The van der Waals surface area contributed by atoms with Crippen molar-refractivity contribution >= 4 is 23.4 Å². The lowest BCUT2D eigenvalue weighted by atomic mass is 10.4. The van der Waals surface area contributed by atoms with Gasteiger partial charge < -0.3 is 4.74 Å². The lowest BCUT2D eigenvalue weighted by molar-refractivity contribution is -0.129. The number of hydrogen-bond donors (Lipinski definition) is 2. The van der Waals surface area contributed by atoms with E-state index in [1.54, 1.807) is 0 Å². The third-order valence-corrected chi connectivity index (χ3v) is 2.18. The van der Waals surface area contributed by atoms with E-state index in [2.05, 4.69) is 10.9 Å². The molecule has 1 aliphatic heterocycles. The van der Waals surface area contributed by atoms with Gasteiger partial charge in [0.1, 0.15) is 5.88 Å². The standard InChI is InChI=1S/C8H14ClN3O3/c9-5-7(13)10-11-8(14)6-12-1-3-15-4-2-12/h1-6H2,(H,10,13)(H,11,14). The molecule has 15 heavy (non-hydrogen) atoms. The average molecular weight is 236 g/mol. The predicted molar refractivity (Wildman–Crippen MR) is 54.3 cm³/mol. The van der Waals surface area contributed by atoms with Crippen LogP contribution in [0, 0.1) is 0 Å². The SMILES string of the molecule is O=C(CCl)NNC(=O)CN1CCOCC1. The Morgan fingerprint density at radius 1 is 1.20 bits per heavy atom. The molecular weight excluding hydrogens is 222 g/mol. The molecule has 1 fully saturated rings. The number of morpholine rings is 1. The molecule has 0 aliphatic carbocycles. The van der Waals surface area contributed by atoms with E-state index < -0.39 is 5.91 Å². The monoisotopic (exact) mass is 235 g/mol. The second-order valence-electron chi connectivity index (χ2n) is 3.12. The number of nitrogens with zero attached hydrogens (tertiary/aromatic N) is 1. The molecule has 0 saturated carbocycles. The molecule has 0 aromatic heterocycles. The van der Waals surface area contributed by atoms with Gasteiger partial charge in [0.05, 0.1) is 19.8 Å². The Morgan fingerprint density at radius 3 is 2.40 bits per heavy atom. The second kappa shape index (κ2) is 6.60. The first-order valence-electron chi connectivity index (χ1n) is 4.66. The summed E-state index contributed by atoms with van der Waals surface area (Å²) in [5.74, 6) is -0.847. The van der Waals surface area contributed by atoms with Crippen LogP contribution in [0.3, 0.4) is 0 Å². The van der Waals surface area contributed by atoms with Crippen molar-refractivity contribution in [1.29, 1.82) is 0 Å². The van der Waals surface area contributed by atoms with E-state index in [-0.39, 0.29) is 18.3 Å². The number of halogens is 1. The predicted octanol–water partition coefficient (Wildman–Crippen LogP) is -1.30. The number of hydrazine groups is 1. The molecule has 0 spiro atoms. The van der Waals surface area contributed by atoms with E-state index >= 15 is 0 Å². The molecule has 1 saturated heterocycles. The maximum absolute atomic E-state index is 11.3. The number of nitrogens with one attached hydrogen (secondary N) is 2. The van der Waals surface area contributed by atoms with Crippen molar-refractivity contribution in [3.63, 3.8) is 0 Å². The Balaban J connectivity index is 2.14. The van der Waals surface area contributed by atoms with Crippen LogP contribution < -0.4 is 10.9 Å². The molecule has 1 heterocycles. The fraction of sp³-hybridized carbons (Fsp3) is 0.750. The second-order valence-corrected chi connectivity index (χ2v) is 3.39. The molecule has 0 aromatic rings. The zero-order valence-electron chi connectivity index (χ0n) is 8.29. The van der Waals surface area contributed by atoms with Crippen LogP contribution in [-0.2, 0) is 14.3 Å². The van der Waals surface area contributed by atoms with Gasteiger partial charge >= 0.3 is 0 Å². The third kappa shape index (κ3) is 4.96. The smallest absolute Gasteiger partial charge is 0.253 e. The largest absolute Gasteiger partial charge is 0.379 e. The molecule has 7 heteroatoms. The number of carbonyl (C=O) groups is 2. The van der Waals surface area contributed by atoms with Crippen LogP contribution in [0.5, 0.6) is 0 Å². The molecular formula is C8H14ClN3O3. The van der Waals surface area contributed by atoms with E-state index in [1.165, 1.54) is 0 Å². The van der Waals surface area contributed by atoms with E-state index in [0.717, 1.165) is 13.1 Å². The van der Waals surface area contributed by atoms with Crippen LogP contribution in [0.1, 0.15) is 0 Å². The van der Waals surface area contributed by atoms with Gasteiger partial charge in [0, 0.05) is 13.1 Å². The van der Waals surface area contributed by atoms with Crippen molar-refractivity contribution in [2.24, 2.45) is 0 Å². The van der Waals surface area contributed by atoms with Crippen LogP contribution in [0.15, 0.2) is 0 Å². The molecule has 2 N–H and O–H groups in total. The minimum absolute atomic E-state index is 0.169. The van der Waals surface area contributed by atoms with Gasteiger partial charge in [-0.15, -0.1) is 11.6 Å². The highest BCUT2D eigenvalue weighted by Crippen LogP contribution is 1.94. The maximum atomic E-state index is 11.3. The minimum Gasteiger partial charge on any atom is -0.379 e. The first-order valence-corrected chi connectivity index (χ1v) is 5.19. The van der Waals surface area contributed by atoms with Crippen molar-refractivity contribution in [2.45, 2.75) is 0 Å². The van der Waals surface area contributed by atoms with Crippen LogP contribution >= 0.6 is 11.6 Å². The maximum Gasteiger partial charge on any atom is 0.253 e. The van der Waals surface area contributed by atoms with E-state index in [1.807, 2.05) is 4.90 Å². The molecule has 86 valence electrons. The molecule has 1 rings (SSSR count). The van der Waals surface area contributed by atoms with Gasteiger partial charge in [-0.05, 0) is 0 Å². The molecule has 0 unspecified atom stereocenters. The number of ether oxygens (including phenoxy) is 1. The van der Waals surface area contributed by atoms with Crippen LogP contribution in [0.25, 0.3) is 0 Å². The first-order chi connectivity index (χ1) is 7.22. The van der Waals surface area contributed by atoms with Crippen LogP contribution in [0.2, 0.25) is 0 Å². The molecule has 0 bridgehead atoms. The van der Waals surface area contributed by atoms with Crippen LogP contribution in [0.4, 0.5) is 0 Å². The summed E-state index contributed by atoms with van der Waals surface area (Å²) in [6.45, 7) is 3.00. The highest BCUT2D eigenvalue weighted by Gasteiger charge is 2.13. The molecule has 2 amide bonds. The zero-order valence-corrected chi connectivity index (χ0v) is 9.05. The van der Waals surface area contributed by atoms with E-state index in [4.69, 9.17) is 16.3 Å². The van der Waals surface area contributed by atoms with E-state index in [0.29, 0.717) is 13.2 Å². The molecule has 1 aliphatic rings. The summed E-state index contributed by atoms with van der Waals surface area (Å²) in [6.07, 6.45) is 0. The molecule has 0 aromatic carbocycles. The lowest BCUT2D eigenvalue weighted by Gasteiger charge is -2.25. The van der Waals surface area contributed by atoms with Gasteiger partial charge in [-0.1, -0.05) is 0 Å². The van der Waals surface area contributed by atoms with Gasteiger partial charge in [0.25, 0.3) is 11.8 Å². The Labute approximate surface area is 92.9 Å². The van der Waals surface area contributed by atoms with Crippen molar-refractivity contribution in [2.75, 3.05) is 38.7 Å². The summed E-state index contributed by atoms with van der Waals surface area (Å²) in [6, 6.07) is 0. The Hall–Kier alpha value is -0.850. The van der Waals surface area contributed by atoms with Crippen molar-refractivity contribution < 1.29 is 14.3 Å². The van der Waals surface area contributed by atoms with Crippen molar-refractivity contribution in [3.05, 3.63) is 0 Å². The summed E-state index contributed by atoms with van der Waals surface area (Å²) in [4.78, 5) is 23.9. The average Bonchev–Trinajstić information content (AvgIpc) is 2.27. The zero-order chi connectivity index (χ0) is 11.1. The number of amides is 2. The fourth-order valence-corrected chi connectivity index (χ4v) is 1.24. The first kappa shape index (κ1) is 12.2. The molecule has 6 nitrogen and oxygen atoms in total.